The zero-order valence-corrected chi connectivity index (χ0v) is 21.1. The number of pyridine rings is 3. The largest absolute Gasteiger partial charge is 0.378 e. The highest BCUT2D eigenvalue weighted by atomic mass is 19.3. The van der Waals surface area contributed by atoms with Crippen LogP contribution in [0.3, 0.4) is 0 Å². The van der Waals surface area contributed by atoms with Gasteiger partial charge in [-0.1, -0.05) is 6.07 Å². The van der Waals surface area contributed by atoms with Gasteiger partial charge in [-0.25, -0.2) is 13.8 Å². The molecule has 1 saturated carbocycles. The zero-order chi connectivity index (χ0) is 26.0. The van der Waals surface area contributed by atoms with E-state index in [-0.39, 0.29) is 42.6 Å². The van der Waals surface area contributed by atoms with Crippen LogP contribution in [0.15, 0.2) is 41.6 Å². The molecule has 3 atom stereocenters. The first-order valence-corrected chi connectivity index (χ1v) is 12.8. The van der Waals surface area contributed by atoms with Crippen molar-refractivity contribution >= 4 is 16.7 Å². The van der Waals surface area contributed by atoms with Crippen molar-refractivity contribution in [1.29, 1.82) is 0 Å². The van der Waals surface area contributed by atoms with Crippen LogP contribution < -0.4 is 16.2 Å². The number of nitrogens with one attached hydrogen (secondary N) is 3. The molecule has 0 spiro atoms. The number of hydrogen-bond donors (Lipinski definition) is 3. The van der Waals surface area contributed by atoms with Crippen LogP contribution in [-0.2, 0) is 9.47 Å². The molecule has 8 nitrogen and oxygen atoms in total. The van der Waals surface area contributed by atoms with Gasteiger partial charge in [-0.15, -0.1) is 0 Å². The standard InChI is InChI=1S/C27H33F2N5O3/c1-16-10-19-20(18-4-3-9-30-11-18)12-32-25(23(19)34-26(16)35)33-24-21(36-2)13-31-14-22(24)37-15-17-5-7-27(28,29)8-6-17/h3-4,9-12,17,21-22,24,31H,5-8,13-15H2,1-2H3,(H,32,33)(H,34,35)/t21-,22+,24+/m0/s1. The van der Waals surface area contributed by atoms with Crippen molar-refractivity contribution in [2.75, 3.05) is 32.1 Å². The van der Waals surface area contributed by atoms with Gasteiger partial charge in [0.1, 0.15) is 0 Å². The van der Waals surface area contributed by atoms with E-state index in [1.54, 1.807) is 32.6 Å². The van der Waals surface area contributed by atoms with Crippen LogP contribution in [0.25, 0.3) is 22.0 Å². The molecule has 198 valence electrons. The molecule has 0 unspecified atom stereocenters. The second-order valence-corrected chi connectivity index (χ2v) is 10.1. The summed E-state index contributed by atoms with van der Waals surface area (Å²) in [5.41, 5.74) is 2.78. The quantitative estimate of drug-likeness (QED) is 0.441. The molecule has 37 heavy (non-hydrogen) atoms. The Balaban J connectivity index is 1.42. The minimum absolute atomic E-state index is 0.0850. The van der Waals surface area contributed by atoms with Crippen molar-refractivity contribution < 1.29 is 18.3 Å². The molecule has 0 bridgehead atoms. The number of aryl methyl sites for hydroxylation is 1. The number of hydrogen-bond acceptors (Lipinski definition) is 7. The summed E-state index contributed by atoms with van der Waals surface area (Å²) in [6.45, 7) is 3.39. The molecule has 0 radical (unpaired) electrons. The van der Waals surface area contributed by atoms with E-state index in [1.165, 1.54) is 0 Å². The Morgan fingerprint density at radius 2 is 1.97 bits per heavy atom. The highest BCUT2D eigenvalue weighted by Gasteiger charge is 2.38. The van der Waals surface area contributed by atoms with Gasteiger partial charge in [-0.3, -0.25) is 9.78 Å². The highest BCUT2D eigenvalue weighted by Crippen LogP contribution is 2.36. The van der Waals surface area contributed by atoms with Gasteiger partial charge in [0.15, 0.2) is 5.82 Å². The topological polar surface area (TPSA) is 101 Å². The molecule has 3 aromatic rings. The van der Waals surface area contributed by atoms with Crippen molar-refractivity contribution in [2.24, 2.45) is 5.92 Å². The molecule has 2 aliphatic rings. The molecule has 1 aliphatic carbocycles. The predicted molar refractivity (Wildman–Crippen MR) is 138 cm³/mol. The maximum Gasteiger partial charge on any atom is 0.251 e. The average molecular weight is 514 g/mol. The lowest BCUT2D eigenvalue weighted by Gasteiger charge is -2.39. The molecule has 1 aliphatic heterocycles. The monoisotopic (exact) mass is 513 g/mol. The number of H-pyrrole nitrogens is 1. The fourth-order valence-corrected chi connectivity index (χ4v) is 5.28. The second kappa shape index (κ2) is 10.8. The predicted octanol–water partition coefficient (Wildman–Crippen LogP) is 3.90. The van der Waals surface area contributed by atoms with Gasteiger partial charge < -0.3 is 25.1 Å². The third-order valence-electron chi connectivity index (χ3n) is 7.53. The first kappa shape index (κ1) is 25.7. The van der Waals surface area contributed by atoms with Crippen molar-refractivity contribution in [3.63, 3.8) is 0 Å². The minimum Gasteiger partial charge on any atom is -0.378 e. The molecule has 3 N–H and O–H groups in total. The smallest absolute Gasteiger partial charge is 0.251 e. The van der Waals surface area contributed by atoms with Crippen LogP contribution in [0, 0.1) is 12.8 Å². The summed E-state index contributed by atoms with van der Waals surface area (Å²) < 4.78 is 39.2. The zero-order valence-electron chi connectivity index (χ0n) is 21.1. The number of halogens is 2. The van der Waals surface area contributed by atoms with Gasteiger partial charge in [0.25, 0.3) is 5.56 Å². The van der Waals surface area contributed by atoms with Crippen molar-refractivity contribution in [3.8, 4) is 11.1 Å². The fraction of sp³-hybridized carbons (Fsp3) is 0.519. The van der Waals surface area contributed by atoms with E-state index in [0.717, 1.165) is 16.5 Å². The number of anilines is 1. The number of alkyl halides is 2. The van der Waals surface area contributed by atoms with Crippen molar-refractivity contribution in [2.45, 2.75) is 56.8 Å². The van der Waals surface area contributed by atoms with E-state index in [9.17, 15) is 13.6 Å². The average Bonchev–Trinajstić information content (AvgIpc) is 2.90. The number of fused-ring (bicyclic) bond motifs is 1. The van der Waals surface area contributed by atoms with E-state index >= 15 is 0 Å². The SMILES string of the molecule is CO[C@H]1CNC[C@@H](OCC2CCC(F)(F)CC2)[C@@H]1Nc1ncc(-c2cccnc2)c2cc(C)c(=O)[nH]c12. The number of nitrogens with zero attached hydrogens (tertiary/aromatic N) is 2. The lowest BCUT2D eigenvalue weighted by molar-refractivity contribution is -0.0747. The lowest BCUT2D eigenvalue weighted by atomic mass is 9.87. The number of ether oxygens (including phenoxy) is 2. The highest BCUT2D eigenvalue weighted by molar-refractivity contribution is 5.99. The maximum absolute atomic E-state index is 13.6. The summed E-state index contributed by atoms with van der Waals surface area (Å²) in [6.07, 6.45) is 5.51. The molecule has 0 aromatic carbocycles. The Kier molecular flexibility index (Phi) is 7.50. The fourth-order valence-electron chi connectivity index (χ4n) is 5.28. The van der Waals surface area contributed by atoms with E-state index < -0.39 is 5.92 Å². The summed E-state index contributed by atoms with van der Waals surface area (Å²) in [5.74, 6) is -1.92. The third kappa shape index (κ3) is 5.66. The number of aromatic amines is 1. The Hall–Kier alpha value is -2.95. The summed E-state index contributed by atoms with van der Waals surface area (Å²) in [6, 6.07) is 5.42. The molecule has 4 heterocycles. The second-order valence-electron chi connectivity index (χ2n) is 10.1. The Labute approximate surface area is 214 Å². The number of aromatic nitrogens is 3. The van der Waals surface area contributed by atoms with Gasteiger partial charge in [-0.2, -0.15) is 0 Å². The Bertz CT molecular complexity index is 1280. The van der Waals surface area contributed by atoms with Crippen molar-refractivity contribution in [3.05, 3.63) is 52.7 Å². The van der Waals surface area contributed by atoms with Crippen LogP contribution in [-0.4, -0.2) is 65.9 Å². The third-order valence-corrected chi connectivity index (χ3v) is 7.53. The van der Waals surface area contributed by atoms with E-state index in [2.05, 4.69) is 20.6 Å². The van der Waals surface area contributed by atoms with Gasteiger partial charge in [0, 0.05) is 80.3 Å². The van der Waals surface area contributed by atoms with E-state index in [0.29, 0.717) is 49.4 Å². The number of rotatable bonds is 7. The number of methoxy groups -OCH3 is 1. The summed E-state index contributed by atoms with van der Waals surface area (Å²) in [4.78, 5) is 24.5. The van der Waals surface area contributed by atoms with Gasteiger partial charge in [0.05, 0.1) is 23.8 Å². The van der Waals surface area contributed by atoms with Crippen molar-refractivity contribution in [1.82, 2.24) is 20.3 Å². The van der Waals surface area contributed by atoms with Gasteiger partial charge >= 0.3 is 0 Å². The first-order valence-electron chi connectivity index (χ1n) is 12.8. The Morgan fingerprint density at radius 1 is 1.19 bits per heavy atom. The maximum atomic E-state index is 13.6. The minimum atomic E-state index is -2.56. The van der Waals surface area contributed by atoms with E-state index in [1.807, 2.05) is 18.2 Å². The first-order chi connectivity index (χ1) is 17.8. The van der Waals surface area contributed by atoms with Crippen LogP contribution in [0.4, 0.5) is 14.6 Å². The molecule has 3 aromatic heterocycles. The van der Waals surface area contributed by atoms with E-state index in [4.69, 9.17) is 14.5 Å². The van der Waals surface area contributed by atoms with Gasteiger partial charge in [-0.05, 0) is 37.8 Å². The molecule has 1 saturated heterocycles. The lowest BCUT2D eigenvalue weighted by Crippen LogP contribution is -2.58. The van der Waals surface area contributed by atoms with Crippen LogP contribution in [0.1, 0.15) is 31.2 Å². The molecule has 2 fully saturated rings. The molecule has 5 rings (SSSR count). The normalized spacial score (nSPS) is 24.3. The molecular formula is C27H33F2N5O3. The molecule has 10 heteroatoms. The summed E-state index contributed by atoms with van der Waals surface area (Å²) in [5, 5.41) is 7.69. The molecule has 0 amide bonds. The van der Waals surface area contributed by atoms with Crippen LogP contribution in [0.5, 0.6) is 0 Å². The van der Waals surface area contributed by atoms with Gasteiger partial charge in [0.2, 0.25) is 5.92 Å². The summed E-state index contributed by atoms with van der Waals surface area (Å²) in [7, 11) is 1.65. The number of piperidine rings is 1. The van der Waals surface area contributed by atoms with Crippen LogP contribution in [0.2, 0.25) is 0 Å². The molecular weight excluding hydrogens is 480 g/mol. The summed E-state index contributed by atoms with van der Waals surface area (Å²) >= 11 is 0. The van der Waals surface area contributed by atoms with Crippen LogP contribution >= 0.6 is 0 Å². The Morgan fingerprint density at radius 3 is 2.70 bits per heavy atom.